The lowest BCUT2D eigenvalue weighted by Crippen LogP contribution is -2.03. The van der Waals surface area contributed by atoms with Crippen LogP contribution in [0.5, 0.6) is 5.75 Å². The molecule has 0 atom stereocenters. The molecule has 0 fully saturated rings. The molecule has 0 aliphatic heterocycles. The van der Waals surface area contributed by atoms with Gasteiger partial charge in [-0.25, -0.2) is 9.67 Å². The maximum atomic E-state index is 10.7. The largest absolute Gasteiger partial charge is 0.496 e. The van der Waals surface area contributed by atoms with E-state index in [-0.39, 0.29) is 5.69 Å². The number of non-ortho nitro benzene ring substituents is 1. The normalized spacial score (nSPS) is 10.2. The number of hydrogen-bond acceptors (Lipinski definition) is 5. The van der Waals surface area contributed by atoms with Crippen LogP contribution in [0.25, 0.3) is 0 Å². The minimum atomic E-state index is -0.440. The van der Waals surface area contributed by atoms with Crippen molar-refractivity contribution in [3.63, 3.8) is 0 Å². The predicted octanol–water partition coefficient (Wildman–Crippen LogP) is 1.24. The van der Waals surface area contributed by atoms with Crippen molar-refractivity contribution >= 4 is 5.69 Å². The molecule has 1 heterocycles. The molecular formula is C10H10N4O3. The minimum Gasteiger partial charge on any atom is -0.496 e. The summed E-state index contributed by atoms with van der Waals surface area (Å²) in [6, 6.07) is 4.45. The molecule has 7 nitrogen and oxygen atoms in total. The van der Waals surface area contributed by atoms with Gasteiger partial charge in [0.2, 0.25) is 0 Å². The molecule has 0 aliphatic rings. The van der Waals surface area contributed by atoms with Crippen LogP contribution < -0.4 is 4.74 Å². The molecule has 0 saturated heterocycles. The summed E-state index contributed by atoms with van der Waals surface area (Å²) in [4.78, 5) is 14.1. The van der Waals surface area contributed by atoms with E-state index in [4.69, 9.17) is 4.74 Å². The van der Waals surface area contributed by atoms with E-state index in [0.29, 0.717) is 17.9 Å². The number of benzene rings is 1. The maximum Gasteiger partial charge on any atom is 0.270 e. The fourth-order valence-corrected chi connectivity index (χ4v) is 1.49. The van der Waals surface area contributed by atoms with E-state index >= 15 is 0 Å². The number of ether oxygens (including phenoxy) is 1. The number of nitro groups is 1. The molecule has 0 radical (unpaired) electrons. The van der Waals surface area contributed by atoms with Gasteiger partial charge in [-0.1, -0.05) is 0 Å². The van der Waals surface area contributed by atoms with E-state index in [1.54, 1.807) is 10.7 Å². The summed E-state index contributed by atoms with van der Waals surface area (Å²) >= 11 is 0. The Kier molecular flexibility index (Phi) is 2.99. The Balaban J connectivity index is 2.35. The molecule has 88 valence electrons. The van der Waals surface area contributed by atoms with Gasteiger partial charge in [0, 0.05) is 17.7 Å². The quantitative estimate of drug-likeness (QED) is 0.587. The molecule has 0 unspecified atom stereocenters. The molecule has 1 aromatic heterocycles. The van der Waals surface area contributed by atoms with Crippen LogP contribution in [-0.2, 0) is 6.54 Å². The third-order valence-electron chi connectivity index (χ3n) is 2.27. The van der Waals surface area contributed by atoms with Gasteiger partial charge in [0.25, 0.3) is 5.69 Å². The summed E-state index contributed by atoms with van der Waals surface area (Å²) in [7, 11) is 1.52. The van der Waals surface area contributed by atoms with Gasteiger partial charge in [-0.15, -0.1) is 0 Å². The van der Waals surface area contributed by atoms with Gasteiger partial charge >= 0.3 is 0 Å². The van der Waals surface area contributed by atoms with E-state index in [2.05, 4.69) is 10.1 Å². The Bertz CT molecular complexity index is 524. The number of aromatic nitrogens is 3. The van der Waals surface area contributed by atoms with E-state index < -0.39 is 4.92 Å². The predicted molar refractivity (Wildman–Crippen MR) is 58.8 cm³/mol. The smallest absolute Gasteiger partial charge is 0.270 e. The third kappa shape index (κ3) is 2.39. The first-order valence-corrected chi connectivity index (χ1v) is 4.84. The lowest BCUT2D eigenvalue weighted by Gasteiger charge is -2.07. The fourth-order valence-electron chi connectivity index (χ4n) is 1.49. The Labute approximate surface area is 96.8 Å². The van der Waals surface area contributed by atoms with Gasteiger partial charge in [0.1, 0.15) is 18.4 Å². The van der Waals surface area contributed by atoms with Crippen molar-refractivity contribution in [2.45, 2.75) is 6.54 Å². The molecule has 0 spiro atoms. The molecule has 2 rings (SSSR count). The molecule has 0 amide bonds. The average molecular weight is 234 g/mol. The lowest BCUT2D eigenvalue weighted by molar-refractivity contribution is -0.384. The fraction of sp³-hybridized carbons (Fsp3) is 0.200. The summed E-state index contributed by atoms with van der Waals surface area (Å²) in [5.74, 6) is 0.589. The lowest BCUT2D eigenvalue weighted by atomic mass is 10.2. The van der Waals surface area contributed by atoms with Crippen LogP contribution in [0.15, 0.2) is 30.9 Å². The van der Waals surface area contributed by atoms with Crippen LogP contribution in [0.3, 0.4) is 0 Å². The topological polar surface area (TPSA) is 83.1 Å². The molecule has 2 aromatic rings. The maximum absolute atomic E-state index is 10.7. The number of nitrogens with zero attached hydrogens (tertiary/aromatic N) is 4. The molecular weight excluding hydrogens is 224 g/mol. The number of rotatable bonds is 4. The van der Waals surface area contributed by atoms with E-state index in [9.17, 15) is 10.1 Å². The molecule has 17 heavy (non-hydrogen) atoms. The Morgan fingerprint density at radius 1 is 1.53 bits per heavy atom. The van der Waals surface area contributed by atoms with Gasteiger partial charge in [0.05, 0.1) is 18.6 Å². The highest BCUT2D eigenvalue weighted by atomic mass is 16.6. The van der Waals surface area contributed by atoms with Gasteiger partial charge in [-0.3, -0.25) is 10.1 Å². The van der Waals surface area contributed by atoms with Crippen LogP contribution in [0.2, 0.25) is 0 Å². The van der Waals surface area contributed by atoms with Crippen LogP contribution in [0, 0.1) is 10.1 Å². The minimum absolute atomic E-state index is 0.0286. The second kappa shape index (κ2) is 4.60. The highest BCUT2D eigenvalue weighted by Crippen LogP contribution is 2.24. The summed E-state index contributed by atoms with van der Waals surface area (Å²) in [5.41, 5.74) is 0.716. The SMILES string of the molecule is COc1ccc([N+](=O)[O-])cc1Cn1cncn1. The van der Waals surface area contributed by atoms with Gasteiger partial charge in [-0.2, -0.15) is 5.10 Å². The molecule has 0 N–H and O–H groups in total. The zero-order chi connectivity index (χ0) is 12.3. The Morgan fingerprint density at radius 3 is 2.94 bits per heavy atom. The second-order valence-corrected chi connectivity index (χ2v) is 3.35. The first kappa shape index (κ1) is 11.1. The van der Waals surface area contributed by atoms with Crippen molar-refractivity contribution in [2.75, 3.05) is 7.11 Å². The average Bonchev–Trinajstić information content (AvgIpc) is 2.81. The van der Waals surface area contributed by atoms with Crippen molar-refractivity contribution in [2.24, 2.45) is 0 Å². The number of nitro benzene ring substituents is 1. The van der Waals surface area contributed by atoms with Crippen molar-refractivity contribution < 1.29 is 9.66 Å². The van der Waals surface area contributed by atoms with Crippen molar-refractivity contribution in [1.29, 1.82) is 0 Å². The number of hydrogen-bond donors (Lipinski definition) is 0. The van der Waals surface area contributed by atoms with E-state index in [0.717, 1.165) is 0 Å². The summed E-state index contributed by atoms with van der Waals surface area (Å²) in [5, 5.41) is 14.6. The molecule has 0 aliphatic carbocycles. The third-order valence-corrected chi connectivity index (χ3v) is 2.27. The van der Waals surface area contributed by atoms with Gasteiger partial charge in [0.15, 0.2) is 0 Å². The Hall–Kier alpha value is -2.44. The number of methoxy groups -OCH3 is 1. The van der Waals surface area contributed by atoms with Crippen LogP contribution in [-0.4, -0.2) is 26.8 Å². The monoisotopic (exact) mass is 234 g/mol. The second-order valence-electron chi connectivity index (χ2n) is 3.35. The zero-order valence-electron chi connectivity index (χ0n) is 9.11. The van der Waals surface area contributed by atoms with Crippen molar-refractivity contribution in [3.8, 4) is 5.75 Å². The summed E-state index contributed by atoms with van der Waals surface area (Å²) in [6.07, 6.45) is 2.95. The van der Waals surface area contributed by atoms with E-state index in [1.807, 2.05) is 0 Å². The first-order chi connectivity index (χ1) is 8.20. The Morgan fingerprint density at radius 2 is 2.35 bits per heavy atom. The van der Waals surface area contributed by atoms with Crippen LogP contribution in [0.1, 0.15) is 5.56 Å². The van der Waals surface area contributed by atoms with E-state index in [1.165, 1.54) is 31.9 Å². The highest BCUT2D eigenvalue weighted by molar-refractivity contribution is 5.43. The highest BCUT2D eigenvalue weighted by Gasteiger charge is 2.11. The van der Waals surface area contributed by atoms with Crippen LogP contribution >= 0.6 is 0 Å². The van der Waals surface area contributed by atoms with Crippen LogP contribution in [0.4, 0.5) is 5.69 Å². The zero-order valence-corrected chi connectivity index (χ0v) is 9.11. The summed E-state index contributed by atoms with van der Waals surface area (Å²) < 4.78 is 6.72. The van der Waals surface area contributed by atoms with Crippen molar-refractivity contribution in [3.05, 3.63) is 46.5 Å². The van der Waals surface area contributed by atoms with Gasteiger partial charge in [-0.05, 0) is 6.07 Å². The molecule has 0 saturated carbocycles. The standard InChI is InChI=1S/C10H10N4O3/c1-17-10-3-2-9(14(15)16)4-8(10)5-13-7-11-6-12-13/h2-4,6-7H,5H2,1H3. The van der Waals surface area contributed by atoms with Crippen molar-refractivity contribution in [1.82, 2.24) is 14.8 Å². The van der Waals surface area contributed by atoms with Gasteiger partial charge < -0.3 is 4.74 Å². The molecule has 1 aromatic carbocycles. The first-order valence-electron chi connectivity index (χ1n) is 4.84. The summed E-state index contributed by atoms with van der Waals surface area (Å²) in [6.45, 7) is 0.380. The molecule has 0 bridgehead atoms. The molecule has 7 heteroatoms.